The Bertz CT molecular complexity index is 614. The van der Waals surface area contributed by atoms with Crippen LogP contribution in [0.5, 0.6) is 5.88 Å². The van der Waals surface area contributed by atoms with Crippen LogP contribution in [0.4, 0.5) is 10.3 Å². The van der Waals surface area contributed by atoms with Gasteiger partial charge in [-0.25, -0.2) is 9.37 Å². The van der Waals surface area contributed by atoms with E-state index in [1.54, 1.807) is 25.4 Å². The molecule has 1 heterocycles. The van der Waals surface area contributed by atoms with Crippen LogP contribution in [0.15, 0.2) is 36.5 Å². The molecule has 0 saturated heterocycles. The van der Waals surface area contributed by atoms with Gasteiger partial charge in [-0.05, 0) is 24.5 Å². The van der Waals surface area contributed by atoms with E-state index in [1.165, 1.54) is 6.07 Å². The fourth-order valence-electron chi connectivity index (χ4n) is 2.37. The van der Waals surface area contributed by atoms with Gasteiger partial charge in [0.25, 0.3) is 0 Å². The third-order valence-corrected chi connectivity index (χ3v) is 3.72. The average molecular weight is 273 g/mol. The van der Waals surface area contributed by atoms with Crippen molar-refractivity contribution in [1.82, 2.24) is 9.97 Å². The molecule has 0 unspecified atom stereocenters. The molecule has 0 atom stereocenters. The van der Waals surface area contributed by atoms with Crippen molar-refractivity contribution < 1.29 is 9.13 Å². The van der Waals surface area contributed by atoms with Gasteiger partial charge < -0.3 is 10.1 Å². The molecule has 1 N–H and O–H groups in total. The minimum Gasteiger partial charge on any atom is -0.481 e. The van der Waals surface area contributed by atoms with Crippen molar-refractivity contribution in [3.63, 3.8) is 0 Å². The van der Waals surface area contributed by atoms with Gasteiger partial charge >= 0.3 is 0 Å². The third-order valence-electron chi connectivity index (χ3n) is 3.72. The minimum atomic E-state index is -0.140. The number of methoxy groups -OCH3 is 1. The number of halogens is 1. The Kier molecular flexibility index (Phi) is 3.26. The number of rotatable bonds is 5. The number of ether oxygens (including phenoxy) is 1. The molecule has 0 spiro atoms. The van der Waals surface area contributed by atoms with Crippen LogP contribution in [0.2, 0.25) is 0 Å². The van der Waals surface area contributed by atoms with Crippen molar-refractivity contribution in [2.45, 2.75) is 18.3 Å². The Morgan fingerprint density at radius 3 is 2.80 bits per heavy atom. The van der Waals surface area contributed by atoms with Crippen LogP contribution in [0.3, 0.4) is 0 Å². The Hall–Kier alpha value is -2.17. The van der Waals surface area contributed by atoms with E-state index in [9.17, 15) is 4.39 Å². The van der Waals surface area contributed by atoms with E-state index >= 15 is 0 Å². The van der Waals surface area contributed by atoms with Gasteiger partial charge in [-0.1, -0.05) is 18.2 Å². The SMILES string of the molecule is COc1ccnc(NCC2(c3ccccc3F)CC2)n1. The second kappa shape index (κ2) is 5.07. The van der Waals surface area contributed by atoms with Crippen LogP contribution >= 0.6 is 0 Å². The molecule has 20 heavy (non-hydrogen) atoms. The maximum absolute atomic E-state index is 13.9. The molecule has 2 aromatic rings. The van der Waals surface area contributed by atoms with E-state index in [1.807, 2.05) is 12.1 Å². The summed E-state index contributed by atoms with van der Waals surface area (Å²) in [6, 6.07) is 8.65. The molecule has 4 nitrogen and oxygen atoms in total. The minimum absolute atomic E-state index is 0.127. The van der Waals surface area contributed by atoms with Crippen molar-refractivity contribution in [1.29, 1.82) is 0 Å². The number of anilines is 1. The van der Waals surface area contributed by atoms with Crippen molar-refractivity contribution in [3.8, 4) is 5.88 Å². The summed E-state index contributed by atoms with van der Waals surface area (Å²) in [7, 11) is 1.56. The van der Waals surface area contributed by atoms with E-state index in [2.05, 4.69) is 15.3 Å². The van der Waals surface area contributed by atoms with Crippen molar-refractivity contribution in [2.75, 3.05) is 19.0 Å². The molecular formula is C15H16FN3O. The Balaban J connectivity index is 1.73. The summed E-state index contributed by atoms with van der Waals surface area (Å²) in [5.41, 5.74) is 0.646. The first-order chi connectivity index (χ1) is 9.73. The van der Waals surface area contributed by atoms with E-state index in [4.69, 9.17) is 4.74 Å². The van der Waals surface area contributed by atoms with Crippen LogP contribution in [0.25, 0.3) is 0 Å². The molecule has 3 rings (SSSR count). The number of aromatic nitrogens is 2. The molecule has 5 heteroatoms. The van der Waals surface area contributed by atoms with Gasteiger partial charge in [0.2, 0.25) is 11.8 Å². The fraction of sp³-hybridized carbons (Fsp3) is 0.333. The number of nitrogens with zero attached hydrogens (tertiary/aromatic N) is 2. The molecule has 0 aliphatic heterocycles. The lowest BCUT2D eigenvalue weighted by atomic mass is 9.95. The molecule has 104 valence electrons. The first-order valence-electron chi connectivity index (χ1n) is 6.59. The Labute approximate surface area is 117 Å². The standard InChI is InChI=1S/C15H16FN3O/c1-20-13-6-9-17-14(19-13)18-10-15(7-8-15)11-4-2-3-5-12(11)16/h2-6,9H,7-8,10H2,1H3,(H,17,18,19). The van der Waals surface area contributed by atoms with Crippen LogP contribution in [0.1, 0.15) is 18.4 Å². The molecule has 0 amide bonds. The first kappa shape index (κ1) is 12.8. The number of hydrogen-bond donors (Lipinski definition) is 1. The van der Waals surface area contributed by atoms with Gasteiger partial charge in [0.05, 0.1) is 7.11 Å². The summed E-state index contributed by atoms with van der Waals surface area (Å²) in [5.74, 6) is 0.878. The quantitative estimate of drug-likeness (QED) is 0.910. The van der Waals surface area contributed by atoms with Gasteiger partial charge in [0, 0.05) is 24.2 Å². The lowest BCUT2D eigenvalue weighted by molar-refractivity contribution is 0.397. The summed E-state index contributed by atoms with van der Waals surface area (Å²) >= 11 is 0. The number of hydrogen-bond acceptors (Lipinski definition) is 4. The smallest absolute Gasteiger partial charge is 0.225 e. The van der Waals surface area contributed by atoms with Crippen LogP contribution in [-0.2, 0) is 5.41 Å². The van der Waals surface area contributed by atoms with E-state index < -0.39 is 0 Å². The highest BCUT2D eigenvalue weighted by Crippen LogP contribution is 2.48. The monoisotopic (exact) mass is 273 g/mol. The van der Waals surface area contributed by atoms with E-state index in [0.29, 0.717) is 18.4 Å². The van der Waals surface area contributed by atoms with Crippen molar-refractivity contribution in [2.24, 2.45) is 0 Å². The second-order valence-electron chi connectivity index (χ2n) is 5.04. The molecule has 1 fully saturated rings. The van der Waals surface area contributed by atoms with E-state index in [-0.39, 0.29) is 11.2 Å². The zero-order chi connectivity index (χ0) is 14.0. The summed E-state index contributed by atoms with van der Waals surface area (Å²) in [4.78, 5) is 8.34. The Morgan fingerprint density at radius 2 is 2.10 bits per heavy atom. The molecule has 1 aliphatic rings. The molecule has 1 saturated carbocycles. The predicted molar refractivity (Wildman–Crippen MR) is 74.4 cm³/mol. The van der Waals surface area contributed by atoms with Gasteiger partial charge in [-0.3, -0.25) is 0 Å². The third kappa shape index (κ3) is 2.43. The predicted octanol–water partition coefficient (Wildman–Crippen LogP) is 2.77. The Morgan fingerprint density at radius 1 is 1.30 bits per heavy atom. The zero-order valence-electron chi connectivity index (χ0n) is 11.3. The second-order valence-corrected chi connectivity index (χ2v) is 5.04. The average Bonchev–Trinajstić information content (AvgIpc) is 3.27. The summed E-state index contributed by atoms with van der Waals surface area (Å²) in [5, 5.41) is 3.18. The molecule has 0 bridgehead atoms. The number of benzene rings is 1. The molecule has 0 radical (unpaired) electrons. The van der Waals surface area contributed by atoms with Crippen LogP contribution in [-0.4, -0.2) is 23.6 Å². The highest BCUT2D eigenvalue weighted by atomic mass is 19.1. The maximum atomic E-state index is 13.9. The van der Waals surface area contributed by atoms with E-state index in [0.717, 1.165) is 18.4 Å². The molecule has 1 aromatic heterocycles. The molecule has 1 aromatic carbocycles. The lowest BCUT2D eigenvalue weighted by Gasteiger charge is -2.17. The molecule has 1 aliphatic carbocycles. The first-order valence-corrected chi connectivity index (χ1v) is 6.59. The lowest BCUT2D eigenvalue weighted by Crippen LogP contribution is -2.21. The van der Waals surface area contributed by atoms with Crippen LogP contribution < -0.4 is 10.1 Å². The van der Waals surface area contributed by atoms with Gasteiger partial charge in [0.15, 0.2) is 0 Å². The van der Waals surface area contributed by atoms with Gasteiger partial charge in [0.1, 0.15) is 5.82 Å². The van der Waals surface area contributed by atoms with Gasteiger partial charge in [-0.2, -0.15) is 4.98 Å². The maximum Gasteiger partial charge on any atom is 0.225 e. The summed E-state index contributed by atoms with van der Waals surface area (Å²) in [6.07, 6.45) is 3.59. The van der Waals surface area contributed by atoms with Gasteiger partial charge in [-0.15, -0.1) is 0 Å². The highest BCUT2D eigenvalue weighted by molar-refractivity contribution is 5.37. The van der Waals surface area contributed by atoms with Crippen LogP contribution in [0, 0.1) is 5.82 Å². The largest absolute Gasteiger partial charge is 0.481 e. The number of nitrogens with one attached hydrogen (secondary N) is 1. The summed E-state index contributed by atoms with van der Waals surface area (Å²) in [6.45, 7) is 0.626. The van der Waals surface area contributed by atoms with Crippen molar-refractivity contribution >= 4 is 5.95 Å². The topological polar surface area (TPSA) is 47.0 Å². The molecular weight excluding hydrogens is 257 g/mol. The summed E-state index contributed by atoms with van der Waals surface area (Å²) < 4.78 is 18.9. The normalized spacial score (nSPS) is 15.7. The highest BCUT2D eigenvalue weighted by Gasteiger charge is 2.45. The van der Waals surface area contributed by atoms with Crippen molar-refractivity contribution in [3.05, 3.63) is 47.9 Å². The fourth-order valence-corrected chi connectivity index (χ4v) is 2.37. The zero-order valence-corrected chi connectivity index (χ0v) is 11.3.